The number of rotatable bonds is 3. The zero-order valence-corrected chi connectivity index (χ0v) is 11.3. The lowest BCUT2D eigenvalue weighted by molar-refractivity contribution is 0.0948. The largest absolute Gasteiger partial charge is 0.352 e. The molecule has 1 aliphatic rings. The lowest BCUT2D eigenvalue weighted by atomic mass is 10.1. The summed E-state index contributed by atoms with van der Waals surface area (Å²) in [7, 11) is -2.89. The summed E-state index contributed by atoms with van der Waals surface area (Å²) in [4.78, 5) is 11.8. The smallest absolute Gasteiger partial charge is 0.252 e. The quantitative estimate of drug-likeness (QED) is 0.916. The van der Waals surface area contributed by atoms with Gasteiger partial charge in [-0.3, -0.25) is 4.79 Å². The Morgan fingerprint density at radius 1 is 1.39 bits per heavy atom. The van der Waals surface area contributed by atoms with Crippen LogP contribution in [0.2, 0.25) is 5.02 Å². The summed E-state index contributed by atoms with van der Waals surface area (Å²) < 4.78 is 22.6. The Hall–Kier alpha value is -1.07. The molecular formula is C12H14ClNO3S. The van der Waals surface area contributed by atoms with Crippen LogP contribution in [0.3, 0.4) is 0 Å². The van der Waals surface area contributed by atoms with Crippen molar-refractivity contribution in [2.24, 2.45) is 5.92 Å². The van der Waals surface area contributed by atoms with Crippen LogP contribution in [0.5, 0.6) is 0 Å². The van der Waals surface area contributed by atoms with Crippen molar-refractivity contribution in [3.05, 3.63) is 34.9 Å². The Morgan fingerprint density at radius 3 is 2.72 bits per heavy atom. The Morgan fingerprint density at radius 2 is 2.11 bits per heavy atom. The first kappa shape index (κ1) is 13.4. The fourth-order valence-corrected chi connectivity index (χ4v) is 4.09. The molecule has 1 amide bonds. The molecule has 1 aromatic carbocycles. The normalized spacial score (nSPS) is 21.7. The fraction of sp³-hybridized carbons (Fsp3) is 0.417. The molecule has 0 radical (unpaired) electrons. The van der Waals surface area contributed by atoms with Crippen LogP contribution in [0.15, 0.2) is 24.3 Å². The van der Waals surface area contributed by atoms with Crippen LogP contribution in [-0.4, -0.2) is 32.4 Å². The van der Waals surface area contributed by atoms with Gasteiger partial charge in [0.25, 0.3) is 5.91 Å². The van der Waals surface area contributed by atoms with Gasteiger partial charge in [0.2, 0.25) is 0 Å². The van der Waals surface area contributed by atoms with Gasteiger partial charge in [-0.2, -0.15) is 0 Å². The fourth-order valence-electron chi connectivity index (χ4n) is 2.01. The average Bonchev–Trinajstić information content (AvgIpc) is 2.66. The van der Waals surface area contributed by atoms with Gasteiger partial charge in [0.15, 0.2) is 9.84 Å². The maximum absolute atomic E-state index is 11.8. The van der Waals surface area contributed by atoms with Gasteiger partial charge < -0.3 is 5.32 Å². The van der Waals surface area contributed by atoms with E-state index in [9.17, 15) is 13.2 Å². The van der Waals surface area contributed by atoms with Crippen molar-refractivity contribution in [2.45, 2.75) is 6.42 Å². The highest BCUT2D eigenvalue weighted by atomic mass is 35.5. The third-order valence-corrected chi connectivity index (χ3v) is 5.16. The van der Waals surface area contributed by atoms with E-state index in [-0.39, 0.29) is 23.3 Å². The summed E-state index contributed by atoms with van der Waals surface area (Å²) in [5, 5.41) is 3.13. The van der Waals surface area contributed by atoms with Crippen LogP contribution in [0.4, 0.5) is 0 Å². The molecule has 1 heterocycles. The van der Waals surface area contributed by atoms with Crippen LogP contribution in [0.25, 0.3) is 0 Å². The monoisotopic (exact) mass is 287 g/mol. The molecule has 0 bridgehead atoms. The molecule has 0 saturated carbocycles. The Balaban J connectivity index is 1.92. The molecule has 4 nitrogen and oxygen atoms in total. The minimum atomic E-state index is -2.89. The molecule has 1 atom stereocenters. The van der Waals surface area contributed by atoms with Crippen molar-refractivity contribution >= 4 is 27.3 Å². The number of nitrogens with one attached hydrogen (secondary N) is 1. The summed E-state index contributed by atoms with van der Waals surface area (Å²) >= 11 is 5.90. The van der Waals surface area contributed by atoms with E-state index in [2.05, 4.69) is 5.32 Å². The molecule has 1 aliphatic heterocycles. The Bertz CT molecular complexity index is 556. The molecular weight excluding hydrogens is 274 g/mol. The van der Waals surface area contributed by atoms with Gasteiger partial charge in [-0.25, -0.2) is 8.42 Å². The van der Waals surface area contributed by atoms with Gasteiger partial charge in [0, 0.05) is 6.54 Å². The molecule has 98 valence electrons. The highest BCUT2D eigenvalue weighted by molar-refractivity contribution is 7.91. The first-order chi connectivity index (χ1) is 8.48. The second-order valence-electron chi connectivity index (χ2n) is 4.46. The third kappa shape index (κ3) is 3.23. The summed E-state index contributed by atoms with van der Waals surface area (Å²) in [6, 6.07) is 6.78. The molecule has 6 heteroatoms. The molecule has 0 aromatic heterocycles. The van der Waals surface area contributed by atoms with Crippen molar-refractivity contribution in [1.29, 1.82) is 0 Å². The highest BCUT2D eigenvalue weighted by Crippen LogP contribution is 2.18. The lowest BCUT2D eigenvalue weighted by Gasteiger charge is -2.10. The van der Waals surface area contributed by atoms with E-state index < -0.39 is 9.84 Å². The maximum Gasteiger partial charge on any atom is 0.252 e. The van der Waals surface area contributed by atoms with Crippen LogP contribution in [0, 0.1) is 5.92 Å². The van der Waals surface area contributed by atoms with Crippen molar-refractivity contribution in [3.8, 4) is 0 Å². The van der Waals surface area contributed by atoms with Crippen LogP contribution in [0.1, 0.15) is 16.8 Å². The molecule has 1 fully saturated rings. The number of sulfone groups is 1. The van der Waals surface area contributed by atoms with Gasteiger partial charge in [-0.15, -0.1) is 0 Å². The first-order valence-corrected chi connectivity index (χ1v) is 7.91. The third-order valence-electron chi connectivity index (χ3n) is 3.00. The Kier molecular flexibility index (Phi) is 3.92. The van der Waals surface area contributed by atoms with Crippen LogP contribution in [-0.2, 0) is 9.84 Å². The van der Waals surface area contributed by atoms with E-state index >= 15 is 0 Å². The van der Waals surface area contributed by atoms with Gasteiger partial charge >= 0.3 is 0 Å². The molecule has 2 rings (SSSR count). The molecule has 0 aliphatic carbocycles. The van der Waals surface area contributed by atoms with Crippen LogP contribution >= 0.6 is 11.6 Å². The lowest BCUT2D eigenvalue weighted by Crippen LogP contribution is -2.30. The van der Waals surface area contributed by atoms with E-state index in [4.69, 9.17) is 11.6 Å². The highest BCUT2D eigenvalue weighted by Gasteiger charge is 2.28. The number of halogens is 1. The van der Waals surface area contributed by atoms with Gasteiger partial charge in [0.1, 0.15) is 0 Å². The molecule has 0 spiro atoms. The predicted octanol–water partition coefficient (Wildman–Crippen LogP) is 1.50. The SMILES string of the molecule is O=C(NCC1CCS(=O)(=O)C1)c1ccccc1Cl. The standard InChI is InChI=1S/C12H14ClNO3S/c13-11-4-2-1-3-10(11)12(15)14-7-9-5-6-18(16,17)8-9/h1-4,9H,5-8H2,(H,14,15). The summed E-state index contributed by atoms with van der Waals surface area (Å²) in [6.45, 7) is 0.378. The number of amides is 1. The van der Waals surface area contributed by atoms with Crippen LogP contribution < -0.4 is 5.32 Å². The van der Waals surface area contributed by atoms with Gasteiger partial charge in [-0.05, 0) is 24.5 Å². The number of benzene rings is 1. The van der Waals surface area contributed by atoms with Crippen molar-refractivity contribution < 1.29 is 13.2 Å². The minimum absolute atomic E-state index is 0.0152. The summed E-state index contributed by atoms with van der Waals surface area (Å²) in [5.74, 6) is 0.140. The van der Waals surface area contributed by atoms with Crippen molar-refractivity contribution in [3.63, 3.8) is 0 Å². The number of carbonyl (C=O) groups is 1. The van der Waals surface area contributed by atoms with E-state index in [1.807, 2.05) is 0 Å². The molecule has 1 unspecified atom stereocenters. The number of carbonyl (C=O) groups excluding carboxylic acids is 1. The van der Waals surface area contributed by atoms with Gasteiger partial charge in [-0.1, -0.05) is 23.7 Å². The first-order valence-electron chi connectivity index (χ1n) is 5.71. The number of hydrogen-bond acceptors (Lipinski definition) is 3. The van der Waals surface area contributed by atoms with E-state index in [1.54, 1.807) is 24.3 Å². The van der Waals surface area contributed by atoms with E-state index in [0.717, 1.165) is 0 Å². The zero-order valence-electron chi connectivity index (χ0n) is 9.73. The average molecular weight is 288 g/mol. The molecule has 1 saturated heterocycles. The molecule has 18 heavy (non-hydrogen) atoms. The topological polar surface area (TPSA) is 63.2 Å². The number of hydrogen-bond donors (Lipinski definition) is 1. The second-order valence-corrected chi connectivity index (χ2v) is 7.09. The second kappa shape index (κ2) is 5.28. The van der Waals surface area contributed by atoms with E-state index in [1.165, 1.54) is 0 Å². The molecule has 1 aromatic rings. The minimum Gasteiger partial charge on any atom is -0.352 e. The van der Waals surface area contributed by atoms with Crippen molar-refractivity contribution in [2.75, 3.05) is 18.1 Å². The predicted molar refractivity (Wildman–Crippen MR) is 70.5 cm³/mol. The van der Waals surface area contributed by atoms with Gasteiger partial charge in [0.05, 0.1) is 22.1 Å². The van der Waals surface area contributed by atoms with Crippen molar-refractivity contribution in [1.82, 2.24) is 5.32 Å². The van der Waals surface area contributed by atoms with E-state index in [0.29, 0.717) is 23.6 Å². The molecule has 1 N–H and O–H groups in total. The summed E-state index contributed by atoms with van der Waals surface area (Å²) in [6.07, 6.45) is 0.616. The zero-order chi connectivity index (χ0) is 13.2. The summed E-state index contributed by atoms with van der Waals surface area (Å²) in [5.41, 5.74) is 0.417. The Labute approximate surface area is 111 Å². The maximum atomic E-state index is 11.8.